The third-order valence-electron chi connectivity index (χ3n) is 5.35. The maximum atomic E-state index is 12.8. The molecule has 4 aromatic rings. The second kappa shape index (κ2) is 7.97. The molecule has 0 saturated carbocycles. The Bertz CT molecular complexity index is 1240. The van der Waals surface area contributed by atoms with Crippen LogP contribution in [0.2, 0.25) is 0 Å². The molecule has 5 rings (SSSR count). The van der Waals surface area contributed by atoms with Gasteiger partial charge in [-0.3, -0.25) is 9.78 Å². The number of nitrogens with one attached hydrogen (secondary N) is 1. The molecule has 0 radical (unpaired) electrons. The summed E-state index contributed by atoms with van der Waals surface area (Å²) in [5.41, 5.74) is 2.95. The maximum absolute atomic E-state index is 12.8. The number of likely N-dealkylation sites (N-methyl/N-ethyl adjacent to an activating group) is 1. The minimum atomic E-state index is -0.224. The van der Waals surface area contributed by atoms with Gasteiger partial charge in [-0.2, -0.15) is 0 Å². The van der Waals surface area contributed by atoms with Gasteiger partial charge in [0.15, 0.2) is 5.01 Å². The van der Waals surface area contributed by atoms with E-state index in [1.807, 2.05) is 18.2 Å². The van der Waals surface area contributed by atoms with E-state index >= 15 is 0 Å². The molecule has 1 saturated heterocycles. The van der Waals surface area contributed by atoms with Crippen LogP contribution in [-0.4, -0.2) is 69.2 Å². The highest BCUT2D eigenvalue weighted by atomic mass is 32.1. The largest absolute Gasteiger partial charge is 0.353 e. The van der Waals surface area contributed by atoms with Crippen molar-refractivity contribution in [2.75, 3.05) is 37.4 Å². The third-order valence-corrected chi connectivity index (χ3v) is 6.06. The van der Waals surface area contributed by atoms with Gasteiger partial charge in [-0.15, -0.1) is 10.2 Å². The molecule has 10 heteroatoms. The van der Waals surface area contributed by atoms with Gasteiger partial charge < -0.3 is 15.1 Å². The van der Waals surface area contributed by atoms with Crippen LogP contribution in [-0.2, 0) is 0 Å². The molecule has 0 spiro atoms. The Morgan fingerprint density at radius 2 is 1.97 bits per heavy atom. The van der Waals surface area contributed by atoms with Crippen molar-refractivity contribution in [2.24, 2.45) is 0 Å². The molecule has 31 heavy (non-hydrogen) atoms. The molecule has 4 aromatic heterocycles. The van der Waals surface area contributed by atoms with Crippen LogP contribution in [0.4, 0.5) is 11.6 Å². The number of carbonyl (C=O) groups excluding carboxylic acids is 1. The van der Waals surface area contributed by atoms with Gasteiger partial charge in [-0.25, -0.2) is 9.97 Å². The number of nitrogens with zero attached hydrogens (tertiary/aromatic N) is 7. The summed E-state index contributed by atoms with van der Waals surface area (Å²) in [7, 11) is 4.14. The number of aromatic nitrogens is 5. The summed E-state index contributed by atoms with van der Waals surface area (Å²) in [4.78, 5) is 30.4. The highest BCUT2D eigenvalue weighted by Gasteiger charge is 2.29. The number of carbonyl (C=O) groups is 1. The zero-order chi connectivity index (χ0) is 21.4. The number of rotatable bonds is 5. The van der Waals surface area contributed by atoms with Crippen molar-refractivity contribution in [3.05, 3.63) is 53.9 Å². The molecule has 0 aliphatic carbocycles. The predicted octanol–water partition coefficient (Wildman–Crippen LogP) is 2.55. The summed E-state index contributed by atoms with van der Waals surface area (Å²) < 4.78 is 0. The Morgan fingerprint density at radius 3 is 2.74 bits per heavy atom. The Kier molecular flexibility index (Phi) is 5.00. The second-order valence-electron chi connectivity index (χ2n) is 7.61. The van der Waals surface area contributed by atoms with Crippen LogP contribution < -0.4 is 10.2 Å². The highest BCUT2D eigenvalue weighted by Crippen LogP contribution is 2.25. The topological polar surface area (TPSA) is 100 Å². The average Bonchev–Trinajstić information content (AvgIpc) is 3.27. The highest BCUT2D eigenvalue weighted by molar-refractivity contribution is 7.12. The number of amides is 1. The Morgan fingerprint density at radius 1 is 1.13 bits per heavy atom. The van der Waals surface area contributed by atoms with Crippen molar-refractivity contribution in [3.8, 4) is 10.7 Å². The lowest BCUT2D eigenvalue weighted by atomic mass is 10.1. The van der Waals surface area contributed by atoms with E-state index in [9.17, 15) is 4.79 Å². The number of hydrogen-bond acceptors (Lipinski definition) is 9. The van der Waals surface area contributed by atoms with Crippen LogP contribution in [0.1, 0.15) is 10.4 Å². The number of pyridine rings is 3. The summed E-state index contributed by atoms with van der Waals surface area (Å²) in [6.07, 6.45) is 5.11. The van der Waals surface area contributed by atoms with Gasteiger partial charge in [0.05, 0.1) is 0 Å². The summed E-state index contributed by atoms with van der Waals surface area (Å²) >= 11 is 1.43. The molecule has 1 amide bonds. The van der Waals surface area contributed by atoms with Crippen molar-refractivity contribution in [1.29, 1.82) is 0 Å². The van der Waals surface area contributed by atoms with Crippen molar-refractivity contribution >= 4 is 39.7 Å². The molecular formula is C21H20N8OS. The third kappa shape index (κ3) is 3.94. The summed E-state index contributed by atoms with van der Waals surface area (Å²) in [6, 6.07) is 7.79. The molecule has 9 nitrogen and oxygen atoms in total. The van der Waals surface area contributed by atoms with E-state index in [2.05, 4.69) is 54.4 Å². The first kappa shape index (κ1) is 19.5. The first-order chi connectivity index (χ1) is 15.1. The molecule has 156 valence electrons. The van der Waals surface area contributed by atoms with Crippen molar-refractivity contribution in [1.82, 2.24) is 30.0 Å². The monoisotopic (exact) mass is 432 g/mol. The van der Waals surface area contributed by atoms with Gasteiger partial charge in [0.2, 0.25) is 0 Å². The van der Waals surface area contributed by atoms with Crippen LogP contribution in [0.15, 0.2) is 48.4 Å². The van der Waals surface area contributed by atoms with Gasteiger partial charge in [0.25, 0.3) is 5.91 Å². The number of anilines is 2. The van der Waals surface area contributed by atoms with E-state index in [0.29, 0.717) is 17.4 Å². The summed E-state index contributed by atoms with van der Waals surface area (Å²) in [5, 5.41) is 13.3. The second-order valence-corrected chi connectivity index (χ2v) is 8.44. The molecule has 0 unspecified atom stereocenters. The van der Waals surface area contributed by atoms with E-state index in [4.69, 9.17) is 0 Å². The summed E-state index contributed by atoms with van der Waals surface area (Å²) in [6.45, 7) is 1.81. The fourth-order valence-corrected chi connectivity index (χ4v) is 3.92. The van der Waals surface area contributed by atoms with E-state index < -0.39 is 0 Å². The normalized spacial score (nSPS) is 14.1. The standard InChI is InChI=1S/C21H20N8OS/c1-28(2)16-10-29(11-16)19-7-13(3-4-22-19)20(30)26-18-6-14-5-17(21-27-25-12-31-21)23-8-15(14)9-24-18/h3-9,12,16H,10-11H2,1-2H3,(H,24,26,30). The van der Waals surface area contributed by atoms with Crippen LogP contribution in [0, 0.1) is 0 Å². The SMILES string of the molecule is CN(C)C1CN(c2cc(C(=O)Nc3cc4cc(-c5nncs5)ncc4cn3)ccn2)C1. The van der Waals surface area contributed by atoms with Crippen molar-refractivity contribution in [2.45, 2.75) is 6.04 Å². The fourth-order valence-electron chi connectivity index (χ4n) is 3.40. The molecule has 0 bridgehead atoms. The van der Waals surface area contributed by atoms with Gasteiger partial charge in [0, 0.05) is 48.7 Å². The van der Waals surface area contributed by atoms with Gasteiger partial charge >= 0.3 is 0 Å². The maximum Gasteiger partial charge on any atom is 0.257 e. The molecule has 1 N–H and O–H groups in total. The zero-order valence-corrected chi connectivity index (χ0v) is 17.9. The van der Waals surface area contributed by atoms with Gasteiger partial charge in [-0.05, 0) is 43.7 Å². The summed E-state index contributed by atoms with van der Waals surface area (Å²) in [5.74, 6) is 1.06. The lowest BCUT2D eigenvalue weighted by Gasteiger charge is -2.43. The molecule has 1 aliphatic heterocycles. The zero-order valence-electron chi connectivity index (χ0n) is 17.1. The lowest BCUT2D eigenvalue weighted by molar-refractivity contribution is 0.102. The van der Waals surface area contributed by atoms with E-state index in [1.54, 1.807) is 30.2 Å². The van der Waals surface area contributed by atoms with Crippen LogP contribution >= 0.6 is 11.3 Å². The first-order valence-corrected chi connectivity index (χ1v) is 10.7. The molecule has 0 atom stereocenters. The molecule has 0 aromatic carbocycles. The quantitative estimate of drug-likeness (QED) is 0.514. The van der Waals surface area contributed by atoms with Crippen LogP contribution in [0.25, 0.3) is 21.5 Å². The lowest BCUT2D eigenvalue weighted by Crippen LogP contribution is -2.57. The van der Waals surface area contributed by atoms with E-state index in [1.165, 1.54) is 11.3 Å². The Balaban J connectivity index is 1.34. The number of fused-ring (bicyclic) bond motifs is 1. The smallest absolute Gasteiger partial charge is 0.257 e. The molecule has 1 aliphatic rings. The number of hydrogen-bond donors (Lipinski definition) is 1. The van der Waals surface area contributed by atoms with Crippen molar-refractivity contribution in [3.63, 3.8) is 0 Å². The van der Waals surface area contributed by atoms with Gasteiger partial charge in [0.1, 0.15) is 22.8 Å². The van der Waals surface area contributed by atoms with E-state index in [0.717, 1.165) is 40.4 Å². The molecular weight excluding hydrogens is 412 g/mol. The van der Waals surface area contributed by atoms with Crippen LogP contribution in [0.5, 0.6) is 0 Å². The van der Waals surface area contributed by atoms with Crippen LogP contribution in [0.3, 0.4) is 0 Å². The minimum Gasteiger partial charge on any atom is -0.353 e. The predicted molar refractivity (Wildman–Crippen MR) is 120 cm³/mol. The van der Waals surface area contributed by atoms with Crippen molar-refractivity contribution < 1.29 is 4.79 Å². The fraction of sp³-hybridized carbons (Fsp3) is 0.238. The Labute approximate surface area is 182 Å². The van der Waals surface area contributed by atoms with E-state index in [-0.39, 0.29) is 5.91 Å². The first-order valence-electron chi connectivity index (χ1n) is 9.78. The minimum absolute atomic E-state index is 0.224. The Hall–Kier alpha value is -3.50. The molecule has 5 heterocycles. The average molecular weight is 433 g/mol. The molecule has 1 fully saturated rings. The van der Waals surface area contributed by atoms with Gasteiger partial charge in [-0.1, -0.05) is 11.3 Å².